The Kier molecular flexibility index (Phi) is 2.84. The molecule has 2 rings (SSSR count). The molecule has 1 N–H and O–H groups in total. The molecule has 4 nitrogen and oxygen atoms in total. The fraction of sp³-hybridized carbons (Fsp3) is 0.455. The summed E-state index contributed by atoms with van der Waals surface area (Å²) in [4.78, 5) is 6.34. The number of nitrogens with zero attached hydrogens (tertiary/aromatic N) is 3. The zero-order chi connectivity index (χ0) is 10.7. The zero-order valence-corrected chi connectivity index (χ0v) is 8.43. The van der Waals surface area contributed by atoms with E-state index in [1.165, 1.54) is 0 Å². The van der Waals surface area contributed by atoms with Crippen LogP contribution in [0.2, 0.25) is 0 Å². The summed E-state index contributed by atoms with van der Waals surface area (Å²) in [6.07, 6.45) is 2.65. The number of anilines is 1. The Labute approximate surface area is 88.8 Å². The first kappa shape index (κ1) is 9.94. The van der Waals surface area contributed by atoms with Crippen LogP contribution in [0.5, 0.6) is 0 Å². The molecule has 15 heavy (non-hydrogen) atoms. The first-order chi connectivity index (χ1) is 7.33. The normalized spacial score (nSPS) is 20.3. The van der Waals surface area contributed by atoms with Gasteiger partial charge >= 0.3 is 0 Å². The highest BCUT2D eigenvalue weighted by Gasteiger charge is 2.22. The van der Waals surface area contributed by atoms with Gasteiger partial charge in [-0.3, -0.25) is 0 Å². The molecule has 0 aromatic carbocycles. The second-order valence-corrected chi connectivity index (χ2v) is 3.80. The molecule has 1 aromatic rings. The molecule has 0 bridgehead atoms. The molecule has 1 fully saturated rings. The highest BCUT2D eigenvalue weighted by molar-refractivity contribution is 5.45. The largest absolute Gasteiger partial charge is 0.396 e. The number of hydrogen-bond acceptors (Lipinski definition) is 4. The summed E-state index contributed by atoms with van der Waals surface area (Å²) < 4.78 is 0. The third-order valence-corrected chi connectivity index (χ3v) is 2.74. The van der Waals surface area contributed by atoms with Gasteiger partial charge < -0.3 is 10.0 Å². The van der Waals surface area contributed by atoms with Crippen LogP contribution in [0.3, 0.4) is 0 Å². The molecule has 0 amide bonds. The van der Waals surface area contributed by atoms with Gasteiger partial charge in [0.05, 0.1) is 11.6 Å². The Morgan fingerprint density at radius 1 is 1.67 bits per heavy atom. The highest BCUT2D eigenvalue weighted by atomic mass is 16.3. The number of aromatic nitrogens is 1. The maximum Gasteiger partial charge on any atom is 0.129 e. The lowest BCUT2D eigenvalue weighted by Crippen LogP contribution is -2.21. The molecule has 1 aliphatic heterocycles. The van der Waals surface area contributed by atoms with Crippen molar-refractivity contribution in [2.75, 3.05) is 24.6 Å². The van der Waals surface area contributed by atoms with Gasteiger partial charge in [0.25, 0.3) is 0 Å². The molecular formula is C11H13N3O. The molecule has 0 spiro atoms. The van der Waals surface area contributed by atoms with E-state index in [1.807, 2.05) is 0 Å². The summed E-state index contributed by atoms with van der Waals surface area (Å²) in [6, 6.07) is 5.59. The molecule has 0 saturated carbocycles. The predicted octanol–water partition coefficient (Wildman–Crippen LogP) is 0.772. The van der Waals surface area contributed by atoms with Gasteiger partial charge in [0.2, 0.25) is 0 Å². The smallest absolute Gasteiger partial charge is 0.129 e. The summed E-state index contributed by atoms with van der Waals surface area (Å²) in [5, 5.41) is 17.8. The fourth-order valence-corrected chi connectivity index (χ4v) is 1.85. The minimum absolute atomic E-state index is 0.231. The third-order valence-electron chi connectivity index (χ3n) is 2.74. The Morgan fingerprint density at radius 3 is 3.20 bits per heavy atom. The van der Waals surface area contributed by atoms with Crippen LogP contribution in [0.4, 0.5) is 5.82 Å². The molecule has 0 radical (unpaired) electrons. The summed E-state index contributed by atoms with van der Waals surface area (Å²) in [5.74, 6) is 1.18. The number of pyridine rings is 1. The molecule has 0 aliphatic carbocycles. The van der Waals surface area contributed by atoms with Crippen LogP contribution in [-0.4, -0.2) is 29.8 Å². The van der Waals surface area contributed by atoms with E-state index in [0.717, 1.165) is 25.3 Å². The van der Waals surface area contributed by atoms with Gasteiger partial charge in [0, 0.05) is 31.8 Å². The monoisotopic (exact) mass is 203 g/mol. The van der Waals surface area contributed by atoms with Crippen molar-refractivity contribution in [3.8, 4) is 6.07 Å². The van der Waals surface area contributed by atoms with Gasteiger partial charge in [-0.05, 0) is 18.6 Å². The molecule has 2 heterocycles. The van der Waals surface area contributed by atoms with E-state index < -0.39 is 0 Å². The summed E-state index contributed by atoms with van der Waals surface area (Å²) in [5.41, 5.74) is 0.632. The lowest BCUT2D eigenvalue weighted by molar-refractivity contribution is 0.238. The third kappa shape index (κ3) is 2.08. The first-order valence-corrected chi connectivity index (χ1v) is 5.05. The maximum atomic E-state index is 9.03. The molecule has 1 atom stereocenters. The Bertz CT molecular complexity index is 386. The van der Waals surface area contributed by atoms with E-state index in [1.54, 1.807) is 18.3 Å². The average Bonchev–Trinajstić information content (AvgIpc) is 2.78. The Balaban J connectivity index is 2.14. The van der Waals surface area contributed by atoms with Crippen molar-refractivity contribution >= 4 is 5.82 Å². The van der Waals surface area contributed by atoms with E-state index in [0.29, 0.717) is 11.5 Å². The van der Waals surface area contributed by atoms with E-state index in [2.05, 4.69) is 16.0 Å². The summed E-state index contributed by atoms with van der Waals surface area (Å²) >= 11 is 0. The molecule has 0 unspecified atom stereocenters. The lowest BCUT2D eigenvalue weighted by atomic mass is 10.1. The van der Waals surface area contributed by atoms with E-state index >= 15 is 0 Å². The molecule has 78 valence electrons. The second kappa shape index (κ2) is 4.28. The summed E-state index contributed by atoms with van der Waals surface area (Å²) in [6.45, 7) is 1.97. The van der Waals surface area contributed by atoms with E-state index in [4.69, 9.17) is 10.4 Å². The molecule has 1 aromatic heterocycles. The first-order valence-electron chi connectivity index (χ1n) is 5.05. The Morgan fingerprint density at radius 2 is 2.53 bits per heavy atom. The lowest BCUT2D eigenvalue weighted by Gasteiger charge is -2.16. The quantitative estimate of drug-likeness (QED) is 0.771. The summed E-state index contributed by atoms with van der Waals surface area (Å²) in [7, 11) is 0. The number of rotatable bonds is 2. The number of nitriles is 1. The van der Waals surface area contributed by atoms with Crippen molar-refractivity contribution in [1.82, 2.24) is 4.98 Å². The van der Waals surface area contributed by atoms with Gasteiger partial charge in [-0.2, -0.15) is 5.26 Å². The van der Waals surface area contributed by atoms with Crippen molar-refractivity contribution in [2.24, 2.45) is 5.92 Å². The van der Waals surface area contributed by atoms with Crippen LogP contribution in [0, 0.1) is 17.2 Å². The van der Waals surface area contributed by atoms with Crippen LogP contribution in [0.15, 0.2) is 18.3 Å². The SMILES string of the molecule is N#Cc1ccnc(N2CC[C@@H](CO)C2)c1. The number of aliphatic hydroxyl groups excluding tert-OH is 1. The zero-order valence-electron chi connectivity index (χ0n) is 8.43. The van der Waals surface area contributed by atoms with E-state index in [9.17, 15) is 0 Å². The van der Waals surface area contributed by atoms with Gasteiger partial charge in [-0.1, -0.05) is 0 Å². The van der Waals surface area contributed by atoms with Gasteiger partial charge in [-0.15, -0.1) is 0 Å². The fourth-order valence-electron chi connectivity index (χ4n) is 1.85. The van der Waals surface area contributed by atoms with Crippen LogP contribution in [0.25, 0.3) is 0 Å². The van der Waals surface area contributed by atoms with Crippen LogP contribution in [-0.2, 0) is 0 Å². The van der Waals surface area contributed by atoms with E-state index in [-0.39, 0.29) is 6.61 Å². The molecular weight excluding hydrogens is 190 g/mol. The van der Waals surface area contributed by atoms with Gasteiger partial charge in [-0.25, -0.2) is 4.98 Å². The van der Waals surface area contributed by atoms with Crippen molar-refractivity contribution in [2.45, 2.75) is 6.42 Å². The molecule has 4 heteroatoms. The highest BCUT2D eigenvalue weighted by Crippen LogP contribution is 2.21. The average molecular weight is 203 g/mol. The standard InChI is InChI=1S/C11H13N3O/c12-6-9-1-3-13-11(5-9)14-4-2-10(7-14)8-15/h1,3,5,10,15H,2,4,7-8H2/t10-/m1/s1. The Hall–Kier alpha value is -1.60. The minimum Gasteiger partial charge on any atom is -0.396 e. The van der Waals surface area contributed by atoms with Crippen molar-refractivity contribution in [3.63, 3.8) is 0 Å². The topological polar surface area (TPSA) is 60.2 Å². The van der Waals surface area contributed by atoms with Crippen LogP contribution in [0.1, 0.15) is 12.0 Å². The number of aliphatic hydroxyl groups is 1. The van der Waals surface area contributed by atoms with Crippen molar-refractivity contribution in [1.29, 1.82) is 5.26 Å². The van der Waals surface area contributed by atoms with Crippen LogP contribution < -0.4 is 4.90 Å². The maximum absolute atomic E-state index is 9.03. The molecule has 1 saturated heterocycles. The predicted molar refractivity (Wildman–Crippen MR) is 56.4 cm³/mol. The minimum atomic E-state index is 0.231. The van der Waals surface area contributed by atoms with Crippen molar-refractivity contribution < 1.29 is 5.11 Å². The van der Waals surface area contributed by atoms with Crippen LogP contribution >= 0.6 is 0 Å². The van der Waals surface area contributed by atoms with Gasteiger partial charge in [0.1, 0.15) is 5.82 Å². The number of hydrogen-bond donors (Lipinski definition) is 1. The molecule has 1 aliphatic rings. The van der Waals surface area contributed by atoms with Crippen molar-refractivity contribution in [3.05, 3.63) is 23.9 Å². The van der Waals surface area contributed by atoms with Gasteiger partial charge in [0.15, 0.2) is 0 Å². The second-order valence-electron chi connectivity index (χ2n) is 3.80.